The number of ether oxygens (including phenoxy) is 2. The molecule has 0 atom stereocenters. The molecule has 0 spiro atoms. The lowest BCUT2D eigenvalue weighted by Crippen LogP contribution is -2.07. The van der Waals surface area contributed by atoms with Crippen LogP contribution >= 0.6 is 0 Å². The van der Waals surface area contributed by atoms with Crippen LogP contribution in [-0.2, 0) is 6.61 Å². The number of halogens is 2. The first-order valence-corrected chi connectivity index (χ1v) is 10.8. The number of fused-ring (bicyclic) bond motifs is 2. The number of hydrogen-bond acceptors (Lipinski definition) is 6. The van der Waals surface area contributed by atoms with Gasteiger partial charge in [-0.1, -0.05) is 18.2 Å². The van der Waals surface area contributed by atoms with E-state index in [1.165, 1.54) is 18.2 Å². The summed E-state index contributed by atoms with van der Waals surface area (Å²) in [5, 5.41) is 1.08. The van der Waals surface area contributed by atoms with Gasteiger partial charge in [-0.3, -0.25) is 0 Å². The van der Waals surface area contributed by atoms with E-state index in [-0.39, 0.29) is 29.1 Å². The van der Waals surface area contributed by atoms with Crippen molar-refractivity contribution >= 4 is 21.9 Å². The third-order valence-electron chi connectivity index (χ3n) is 5.47. The quantitative estimate of drug-likeness (QED) is 0.287. The first kappa shape index (κ1) is 22.3. The Kier molecular flexibility index (Phi) is 5.78. The van der Waals surface area contributed by atoms with Gasteiger partial charge in [-0.25, -0.2) is 18.4 Å². The third-order valence-corrected chi connectivity index (χ3v) is 5.47. The van der Waals surface area contributed by atoms with Gasteiger partial charge in [-0.15, -0.1) is 0 Å². The molecule has 0 saturated carbocycles. The zero-order valence-electron chi connectivity index (χ0n) is 18.5. The van der Waals surface area contributed by atoms with Crippen LogP contribution in [0.25, 0.3) is 33.1 Å². The van der Waals surface area contributed by atoms with Gasteiger partial charge in [0.1, 0.15) is 29.6 Å². The maximum Gasteiger partial charge on any atom is 0.344 e. The number of para-hydroxylation sites is 1. The van der Waals surface area contributed by atoms with E-state index >= 15 is 0 Å². The zero-order chi connectivity index (χ0) is 24.5. The molecule has 0 aliphatic rings. The van der Waals surface area contributed by atoms with Crippen molar-refractivity contribution < 1.29 is 27.1 Å². The summed E-state index contributed by atoms with van der Waals surface area (Å²) in [5.41, 5.74) is -0.609. The monoisotopic (exact) mass is 476 g/mol. The summed E-state index contributed by atoms with van der Waals surface area (Å²) in [7, 11) is 0. The Labute approximate surface area is 196 Å². The van der Waals surface area contributed by atoms with Crippen LogP contribution in [-0.4, -0.2) is 6.61 Å². The van der Waals surface area contributed by atoms with E-state index in [1.807, 2.05) is 6.92 Å². The van der Waals surface area contributed by atoms with Crippen LogP contribution in [0.5, 0.6) is 11.5 Å². The Bertz CT molecular complexity index is 1670. The molecule has 6 nitrogen and oxygen atoms in total. The van der Waals surface area contributed by atoms with Gasteiger partial charge in [0.05, 0.1) is 17.7 Å². The molecule has 8 heteroatoms. The summed E-state index contributed by atoms with van der Waals surface area (Å²) < 4.78 is 49.7. The Hall–Kier alpha value is -4.46. The molecule has 0 bridgehead atoms. The molecule has 5 aromatic rings. The number of benzene rings is 3. The van der Waals surface area contributed by atoms with Crippen LogP contribution in [0, 0.1) is 11.6 Å². The largest absolute Gasteiger partial charge is 0.490 e. The highest BCUT2D eigenvalue weighted by molar-refractivity contribution is 5.96. The van der Waals surface area contributed by atoms with Gasteiger partial charge in [0.2, 0.25) is 0 Å². The van der Waals surface area contributed by atoms with Crippen molar-refractivity contribution in [3.8, 4) is 22.6 Å². The molecule has 35 heavy (non-hydrogen) atoms. The van der Waals surface area contributed by atoms with Crippen LogP contribution < -0.4 is 20.7 Å². The molecule has 0 radical (unpaired) electrons. The summed E-state index contributed by atoms with van der Waals surface area (Å²) in [6, 6.07) is 16.2. The van der Waals surface area contributed by atoms with Gasteiger partial charge in [0.25, 0.3) is 0 Å². The molecule has 3 aromatic carbocycles. The predicted molar refractivity (Wildman–Crippen MR) is 126 cm³/mol. The van der Waals surface area contributed by atoms with E-state index in [0.717, 1.165) is 12.1 Å². The van der Waals surface area contributed by atoms with Crippen molar-refractivity contribution in [1.29, 1.82) is 0 Å². The minimum Gasteiger partial charge on any atom is -0.490 e. The average Bonchev–Trinajstić information content (AvgIpc) is 2.83. The van der Waals surface area contributed by atoms with Crippen molar-refractivity contribution in [3.05, 3.63) is 105 Å². The summed E-state index contributed by atoms with van der Waals surface area (Å²) >= 11 is 0. The highest BCUT2D eigenvalue weighted by Crippen LogP contribution is 2.32. The number of hydrogen-bond donors (Lipinski definition) is 0. The van der Waals surface area contributed by atoms with E-state index < -0.39 is 22.9 Å². The third kappa shape index (κ3) is 4.26. The fourth-order valence-electron chi connectivity index (χ4n) is 3.86. The molecule has 0 unspecified atom stereocenters. The van der Waals surface area contributed by atoms with E-state index in [1.54, 1.807) is 36.4 Å². The van der Waals surface area contributed by atoms with Crippen molar-refractivity contribution in [2.24, 2.45) is 0 Å². The van der Waals surface area contributed by atoms with Gasteiger partial charge in [-0.05, 0) is 43.3 Å². The van der Waals surface area contributed by atoms with Gasteiger partial charge < -0.3 is 18.3 Å². The Morgan fingerprint density at radius 2 is 1.60 bits per heavy atom. The van der Waals surface area contributed by atoms with E-state index in [4.69, 9.17) is 18.3 Å². The summed E-state index contributed by atoms with van der Waals surface area (Å²) in [5.74, 6) is -0.781. The second-order valence-electron chi connectivity index (χ2n) is 7.68. The molecule has 5 rings (SSSR count). The van der Waals surface area contributed by atoms with Gasteiger partial charge >= 0.3 is 11.3 Å². The van der Waals surface area contributed by atoms with Crippen molar-refractivity contribution in [3.63, 3.8) is 0 Å². The first-order valence-electron chi connectivity index (χ1n) is 10.8. The lowest BCUT2D eigenvalue weighted by atomic mass is 10.0. The molecule has 176 valence electrons. The minimum absolute atomic E-state index is 0.140. The maximum atomic E-state index is 13.9. The van der Waals surface area contributed by atoms with Crippen LogP contribution in [0.4, 0.5) is 8.78 Å². The fourth-order valence-corrected chi connectivity index (χ4v) is 3.86. The normalized spacial score (nSPS) is 11.2. The second kappa shape index (κ2) is 9.06. The molecular formula is C27H18F2O6. The smallest absolute Gasteiger partial charge is 0.344 e. The molecule has 0 fully saturated rings. The second-order valence-corrected chi connectivity index (χ2v) is 7.68. The molecule has 0 saturated heterocycles. The molecule has 2 heterocycles. The summed E-state index contributed by atoms with van der Waals surface area (Å²) in [6.45, 7) is 1.87. The van der Waals surface area contributed by atoms with Crippen LogP contribution in [0.2, 0.25) is 0 Å². The highest BCUT2D eigenvalue weighted by Gasteiger charge is 2.16. The van der Waals surface area contributed by atoms with Gasteiger partial charge in [-0.2, -0.15) is 0 Å². The van der Waals surface area contributed by atoms with E-state index in [2.05, 4.69) is 0 Å². The molecular weight excluding hydrogens is 458 g/mol. The van der Waals surface area contributed by atoms with Crippen molar-refractivity contribution in [1.82, 2.24) is 0 Å². The number of rotatable bonds is 6. The van der Waals surface area contributed by atoms with Crippen LogP contribution in [0.1, 0.15) is 12.5 Å². The lowest BCUT2D eigenvalue weighted by molar-refractivity contribution is 0.292. The lowest BCUT2D eigenvalue weighted by Gasteiger charge is -2.11. The SMILES string of the molecule is CCOc1cccc2cc(-c3cc(=O)oc4cc(OCc5c(F)cccc5F)ccc34)c(=O)oc12. The summed E-state index contributed by atoms with van der Waals surface area (Å²) in [6.07, 6.45) is 0. The fraction of sp³-hybridized carbons (Fsp3) is 0.111. The standard InChI is InChI=1S/C27H18F2O6/c1-2-32-23-8-3-5-15-11-19(27(31)35-26(15)23)18-13-25(30)34-24-12-16(9-10-17(18)24)33-14-20-21(28)6-4-7-22(20)29/h3-13H,2,14H2,1H3. The molecule has 0 amide bonds. The van der Waals surface area contributed by atoms with Crippen LogP contribution in [0.3, 0.4) is 0 Å². The molecule has 2 aromatic heterocycles. The van der Waals surface area contributed by atoms with Gasteiger partial charge in [0.15, 0.2) is 11.3 Å². The Morgan fingerprint density at radius 1 is 0.829 bits per heavy atom. The Morgan fingerprint density at radius 3 is 2.37 bits per heavy atom. The average molecular weight is 476 g/mol. The minimum atomic E-state index is -0.727. The van der Waals surface area contributed by atoms with E-state index in [9.17, 15) is 18.4 Å². The molecule has 0 N–H and O–H groups in total. The molecule has 0 aliphatic heterocycles. The first-order chi connectivity index (χ1) is 16.9. The predicted octanol–water partition coefficient (Wildman–Crippen LogP) is 5.82. The highest BCUT2D eigenvalue weighted by atomic mass is 19.1. The topological polar surface area (TPSA) is 78.9 Å². The molecule has 0 aliphatic carbocycles. The van der Waals surface area contributed by atoms with Crippen molar-refractivity contribution in [2.75, 3.05) is 6.61 Å². The maximum absolute atomic E-state index is 13.9. The van der Waals surface area contributed by atoms with E-state index in [0.29, 0.717) is 34.3 Å². The van der Waals surface area contributed by atoms with Crippen LogP contribution in [0.15, 0.2) is 85.2 Å². The Balaban J connectivity index is 1.57. The van der Waals surface area contributed by atoms with Crippen molar-refractivity contribution in [2.45, 2.75) is 13.5 Å². The van der Waals surface area contributed by atoms with Gasteiger partial charge in [0, 0.05) is 28.5 Å². The zero-order valence-corrected chi connectivity index (χ0v) is 18.5. The summed E-state index contributed by atoms with van der Waals surface area (Å²) in [4.78, 5) is 25.2.